The van der Waals surface area contributed by atoms with Gasteiger partial charge in [0, 0.05) is 17.5 Å². The van der Waals surface area contributed by atoms with Crippen molar-refractivity contribution in [2.75, 3.05) is 19.5 Å². The Hall–Kier alpha value is -1.75. The highest BCUT2D eigenvalue weighted by molar-refractivity contribution is 7.99. The third kappa shape index (κ3) is 3.22. The lowest BCUT2D eigenvalue weighted by Gasteiger charge is -2.15. The molecule has 0 atom stereocenters. The maximum Gasteiger partial charge on any atom is 0.133 e. The highest BCUT2D eigenvalue weighted by Gasteiger charge is 2.15. The standard InChI is InChI=1S/C15H19N3OS/c1-10(2)13-14(16-3)17-9-18-15(13)20-12-7-5-6-11(8-12)19-4/h5-10H,1-4H3,(H,16,17,18). The Kier molecular flexibility index (Phi) is 4.84. The van der Waals surface area contributed by atoms with Crippen LogP contribution in [0, 0.1) is 0 Å². The van der Waals surface area contributed by atoms with Gasteiger partial charge in [0.25, 0.3) is 0 Å². The van der Waals surface area contributed by atoms with Crippen LogP contribution in [0.3, 0.4) is 0 Å². The van der Waals surface area contributed by atoms with E-state index in [1.807, 2.05) is 25.2 Å². The molecule has 5 heteroatoms. The molecular weight excluding hydrogens is 270 g/mol. The van der Waals surface area contributed by atoms with Crippen LogP contribution in [0.15, 0.2) is 40.5 Å². The molecule has 0 saturated carbocycles. The molecule has 1 N–H and O–H groups in total. The molecule has 1 aromatic heterocycles. The second kappa shape index (κ2) is 6.61. The maximum absolute atomic E-state index is 5.26. The summed E-state index contributed by atoms with van der Waals surface area (Å²) >= 11 is 1.63. The van der Waals surface area contributed by atoms with Crippen LogP contribution in [-0.2, 0) is 0 Å². The van der Waals surface area contributed by atoms with E-state index in [2.05, 4.69) is 35.2 Å². The van der Waals surface area contributed by atoms with Crippen molar-refractivity contribution in [3.63, 3.8) is 0 Å². The Morgan fingerprint density at radius 3 is 2.70 bits per heavy atom. The summed E-state index contributed by atoms with van der Waals surface area (Å²) in [6, 6.07) is 7.98. The van der Waals surface area contributed by atoms with Crippen molar-refractivity contribution in [1.82, 2.24) is 9.97 Å². The molecule has 0 spiro atoms. The van der Waals surface area contributed by atoms with E-state index < -0.39 is 0 Å². The first-order valence-corrected chi connectivity index (χ1v) is 7.32. The van der Waals surface area contributed by atoms with Crippen molar-refractivity contribution in [2.24, 2.45) is 0 Å². The summed E-state index contributed by atoms with van der Waals surface area (Å²) in [6.45, 7) is 4.30. The van der Waals surface area contributed by atoms with E-state index in [0.717, 1.165) is 27.1 Å². The number of aromatic nitrogens is 2. The Bertz CT molecular complexity index is 587. The molecule has 1 aromatic carbocycles. The number of nitrogens with one attached hydrogen (secondary N) is 1. The summed E-state index contributed by atoms with van der Waals surface area (Å²) < 4.78 is 5.26. The molecule has 1 heterocycles. The summed E-state index contributed by atoms with van der Waals surface area (Å²) in [5.41, 5.74) is 1.14. The monoisotopic (exact) mass is 289 g/mol. The Morgan fingerprint density at radius 1 is 1.25 bits per heavy atom. The Balaban J connectivity index is 2.37. The van der Waals surface area contributed by atoms with Crippen molar-refractivity contribution < 1.29 is 4.74 Å². The van der Waals surface area contributed by atoms with Gasteiger partial charge in [-0.15, -0.1) is 0 Å². The van der Waals surface area contributed by atoms with Crippen LogP contribution >= 0.6 is 11.8 Å². The van der Waals surface area contributed by atoms with Crippen LogP contribution in [-0.4, -0.2) is 24.1 Å². The van der Waals surface area contributed by atoms with Gasteiger partial charge in [-0.2, -0.15) is 0 Å². The van der Waals surface area contributed by atoms with E-state index in [1.54, 1.807) is 25.2 Å². The van der Waals surface area contributed by atoms with Gasteiger partial charge in [-0.05, 0) is 24.1 Å². The fourth-order valence-electron chi connectivity index (χ4n) is 1.96. The fourth-order valence-corrected chi connectivity index (χ4v) is 3.04. The van der Waals surface area contributed by atoms with Crippen LogP contribution < -0.4 is 10.1 Å². The number of anilines is 1. The lowest BCUT2D eigenvalue weighted by Crippen LogP contribution is -2.03. The average Bonchev–Trinajstić information content (AvgIpc) is 2.46. The summed E-state index contributed by atoms with van der Waals surface area (Å²) in [7, 11) is 3.56. The molecule has 106 valence electrons. The number of hydrogen-bond donors (Lipinski definition) is 1. The molecule has 0 bridgehead atoms. The zero-order valence-corrected chi connectivity index (χ0v) is 13.0. The third-order valence-corrected chi connectivity index (χ3v) is 3.93. The molecule has 2 rings (SSSR count). The smallest absolute Gasteiger partial charge is 0.133 e. The predicted molar refractivity (Wildman–Crippen MR) is 82.8 cm³/mol. The van der Waals surface area contributed by atoms with Gasteiger partial charge < -0.3 is 10.1 Å². The zero-order chi connectivity index (χ0) is 14.5. The minimum atomic E-state index is 0.353. The minimum absolute atomic E-state index is 0.353. The minimum Gasteiger partial charge on any atom is -0.497 e. The second-order valence-corrected chi connectivity index (χ2v) is 5.69. The van der Waals surface area contributed by atoms with Crippen LogP contribution in [0.4, 0.5) is 5.82 Å². The Morgan fingerprint density at radius 2 is 2.05 bits per heavy atom. The van der Waals surface area contributed by atoms with Crippen molar-refractivity contribution >= 4 is 17.6 Å². The van der Waals surface area contributed by atoms with Crippen LogP contribution in [0.25, 0.3) is 0 Å². The average molecular weight is 289 g/mol. The van der Waals surface area contributed by atoms with E-state index in [4.69, 9.17) is 4.74 Å². The SMILES string of the molecule is CNc1ncnc(Sc2cccc(OC)c2)c1C(C)C. The molecule has 2 aromatic rings. The lowest BCUT2D eigenvalue weighted by atomic mass is 10.1. The molecule has 0 saturated heterocycles. The van der Waals surface area contributed by atoms with Crippen LogP contribution in [0.2, 0.25) is 0 Å². The van der Waals surface area contributed by atoms with Crippen molar-refractivity contribution in [3.05, 3.63) is 36.2 Å². The van der Waals surface area contributed by atoms with Gasteiger partial charge in [-0.25, -0.2) is 9.97 Å². The van der Waals surface area contributed by atoms with Gasteiger partial charge in [0.05, 0.1) is 7.11 Å². The molecule has 0 amide bonds. The molecule has 0 aliphatic heterocycles. The number of hydrogen-bond acceptors (Lipinski definition) is 5. The van der Waals surface area contributed by atoms with Gasteiger partial charge in [-0.1, -0.05) is 31.7 Å². The number of methoxy groups -OCH3 is 1. The van der Waals surface area contributed by atoms with E-state index in [1.165, 1.54) is 0 Å². The second-order valence-electron chi connectivity index (χ2n) is 4.63. The largest absolute Gasteiger partial charge is 0.497 e. The van der Waals surface area contributed by atoms with Crippen molar-refractivity contribution in [2.45, 2.75) is 29.7 Å². The van der Waals surface area contributed by atoms with E-state index in [9.17, 15) is 0 Å². The topological polar surface area (TPSA) is 47.0 Å². The van der Waals surface area contributed by atoms with Crippen molar-refractivity contribution in [1.29, 1.82) is 0 Å². The first kappa shape index (κ1) is 14.7. The summed E-state index contributed by atoms with van der Waals surface area (Å²) in [4.78, 5) is 9.83. The maximum atomic E-state index is 5.26. The van der Waals surface area contributed by atoms with Gasteiger partial charge in [0.15, 0.2) is 0 Å². The van der Waals surface area contributed by atoms with E-state index in [-0.39, 0.29) is 0 Å². The van der Waals surface area contributed by atoms with Gasteiger partial charge in [0.1, 0.15) is 22.9 Å². The lowest BCUT2D eigenvalue weighted by molar-refractivity contribution is 0.413. The molecular formula is C15H19N3OS. The molecule has 0 radical (unpaired) electrons. The number of nitrogens with zero attached hydrogens (tertiary/aromatic N) is 2. The quantitative estimate of drug-likeness (QED) is 0.848. The number of rotatable bonds is 5. The number of ether oxygens (including phenoxy) is 1. The van der Waals surface area contributed by atoms with Gasteiger partial charge in [0.2, 0.25) is 0 Å². The zero-order valence-electron chi connectivity index (χ0n) is 12.2. The highest BCUT2D eigenvalue weighted by atomic mass is 32.2. The molecule has 0 unspecified atom stereocenters. The van der Waals surface area contributed by atoms with E-state index >= 15 is 0 Å². The summed E-state index contributed by atoms with van der Waals surface area (Å²) in [5.74, 6) is 2.09. The molecule has 0 aliphatic carbocycles. The van der Waals surface area contributed by atoms with Crippen LogP contribution in [0.1, 0.15) is 25.3 Å². The van der Waals surface area contributed by atoms with Gasteiger partial charge in [-0.3, -0.25) is 0 Å². The van der Waals surface area contributed by atoms with Crippen LogP contribution in [0.5, 0.6) is 5.75 Å². The summed E-state index contributed by atoms with van der Waals surface area (Å²) in [5, 5.41) is 4.12. The fraction of sp³-hybridized carbons (Fsp3) is 0.333. The molecule has 4 nitrogen and oxygen atoms in total. The normalized spacial score (nSPS) is 10.7. The predicted octanol–water partition coefficient (Wildman–Crippen LogP) is 3.80. The van der Waals surface area contributed by atoms with Gasteiger partial charge >= 0.3 is 0 Å². The summed E-state index contributed by atoms with van der Waals surface area (Å²) in [6.07, 6.45) is 1.60. The molecule has 0 fully saturated rings. The number of benzene rings is 1. The van der Waals surface area contributed by atoms with Crippen molar-refractivity contribution in [3.8, 4) is 5.75 Å². The first-order chi connectivity index (χ1) is 9.65. The molecule has 0 aliphatic rings. The van der Waals surface area contributed by atoms with E-state index in [0.29, 0.717) is 5.92 Å². The third-order valence-electron chi connectivity index (χ3n) is 2.92. The first-order valence-electron chi connectivity index (χ1n) is 6.50. The Labute approximate surface area is 124 Å². The molecule has 20 heavy (non-hydrogen) atoms. The highest BCUT2D eigenvalue weighted by Crippen LogP contribution is 2.36.